The minimum atomic E-state index is 0.331. The van der Waals surface area contributed by atoms with Crippen molar-refractivity contribution in [2.75, 3.05) is 38.2 Å². The first kappa shape index (κ1) is 14.7. The number of rotatable bonds is 4. The zero-order valence-corrected chi connectivity index (χ0v) is 13.2. The number of hydrogen-bond donors (Lipinski definition) is 1. The SMILES string of the molecule is COc1ccc2cc(C(CN)N3CCSCC3)ccc2c1. The quantitative estimate of drug-likeness (QED) is 0.942. The molecule has 0 radical (unpaired) electrons. The molecule has 3 nitrogen and oxygen atoms in total. The smallest absolute Gasteiger partial charge is 0.119 e. The molecule has 0 spiro atoms. The molecule has 0 aliphatic carbocycles. The zero-order chi connectivity index (χ0) is 14.7. The number of hydrogen-bond acceptors (Lipinski definition) is 4. The van der Waals surface area contributed by atoms with E-state index in [9.17, 15) is 0 Å². The van der Waals surface area contributed by atoms with Crippen LogP contribution in [0.4, 0.5) is 0 Å². The van der Waals surface area contributed by atoms with Gasteiger partial charge in [0.1, 0.15) is 5.75 Å². The Kier molecular flexibility index (Phi) is 4.68. The van der Waals surface area contributed by atoms with Crippen LogP contribution >= 0.6 is 11.8 Å². The standard InChI is InChI=1S/C17H22N2OS/c1-20-16-5-4-13-10-15(3-2-14(13)11-16)17(12-18)19-6-8-21-9-7-19/h2-5,10-11,17H,6-9,12,18H2,1H3. The number of fused-ring (bicyclic) bond motifs is 1. The van der Waals surface area contributed by atoms with Crippen LogP contribution in [-0.2, 0) is 0 Å². The lowest BCUT2D eigenvalue weighted by Gasteiger charge is -2.34. The van der Waals surface area contributed by atoms with Crippen molar-refractivity contribution >= 4 is 22.5 Å². The summed E-state index contributed by atoms with van der Waals surface area (Å²) < 4.78 is 5.29. The Labute approximate surface area is 130 Å². The highest BCUT2D eigenvalue weighted by Crippen LogP contribution is 2.28. The lowest BCUT2D eigenvalue weighted by atomic mass is 10.0. The topological polar surface area (TPSA) is 38.5 Å². The molecule has 2 N–H and O–H groups in total. The molecule has 1 atom stereocenters. The van der Waals surface area contributed by atoms with Crippen LogP contribution in [0.2, 0.25) is 0 Å². The lowest BCUT2D eigenvalue weighted by molar-refractivity contribution is 0.223. The van der Waals surface area contributed by atoms with Gasteiger partial charge < -0.3 is 10.5 Å². The maximum atomic E-state index is 6.06. The minimum absolute atomic E-state index is 0.331. The summed E-state index contributed by atoms with van der Waals surface area (Å²) in [5, 5.41) is 2.46. The fourth-order valence-corrected chi connectivity index (χ4v) is 3.89. The van der Waals surface area contributed by atoms with Crippen molar-refractivity contribution in [3.05, 3.63) is 42.0 Å². The van der Waals surface area contributed by atoms with Crippen molar-refractivity contribution in [3.63, 3.8) is 0 Å². The van der Waals surface area contributed by atoms with Gasteiger partial charge in [0.25, 0.3) is 0 Å². The Morgan fingerprint density at radius 1 is 1.14 bits per heavy atom. The molecule has 1 saturated heterocycles. The van der Waals surface area contributed by atoms with E-state index in [1.807, 2.05) is 17.8 Å². The third-order valence-electron chi connectivity index (χ3n) is 4.17. The van der Waals surface area contributed by atoms with Gasteiger partial charge in [0.15, 0.2) is 0 Å². The third kappa shape index (κ3) is 3.18. The Morgan fingerprint density at radius 2 is 1.86 bits per heavy atom. The van der Waals surface area contributed by atoms with Gasteiger partial charge >= 0.3 is 0 Å². The molecule has 1 fully saturated rings. The average molecular weight is 302 g/mol. The number of benzene rings is 2. The maximum absolute atomic E-state index is 6.06. The van der Waals surface area contributed by atoms with Crippen LogP contribution in [0, 0.1) is 0 Å². The van der Waals surface area contributed by atoms with Gasteiger partial charge in [-0.2, -0.15) is 11.8 Å². The van der Waals surface area contributed by atoms with Gasteiger partial charge in [-0.15, -0.1) is 0 Å². The molecule has 1 unspecified atom stereocenters. The van der Waals surface area contributed by atoms with E-state index >= 15 is 0 Å². The molecule has 0 aromatic heterocycles. The Bertz CT molecular complexity index is 611. The van der Waals surface area contributed by atoms with Crippen LogP contribution in [0.15, 0.2) is 36.4 Å². The lowest BCUT2D eigenvalue weighted by Crippen LogP contribution is -2.39. The van der Waals surface area contributed by atoms with E-state index in [1.54, 1.807) is 7.11 Å². The van der Waals surface area contributed by atoms with Crippen molar-refractivity contribution < 1.29 is 4.74 Å². The summed E-state index contributed by atoms with van der Waals surface area (Å²) in [5.74, 6) is 3.32. The van der Waals surface area contributed by atoms with Crippen LogP contribution in [0.25, 0.3) is 10.8 Å². The molecule has 4 heteroatoms. The zero-order valence-electron chi connectivity index (χ0n) is 12.4. The van der Waals surface area contributed by atoms with Crippen molar-refractivity contribution in [1.82, 2.24) is 4.90 Å². The van der Waals surface area contributed by atoms with Crippen LogP contribution in [0.5, 0.6) is 5.75 Å². The van der Waals surface area contributed by atoms with Crippen molar-refractivity contribution in [3.8, 4) is 5.75 Å². The summed E-state index contributed by atoms with van der Waals surface area (Å²) in [4.78, 5) is 2.52. The molecule has 2 aromatic carbocycles. The van der Waals surface area contributed by atoms with Crippen LogP contribution < -0.4 is 10.5 Å². The highest BCUT2D eigenvalue weighted by molar-refractivity contribution is 7.99. The molecule has 2 aromatic rings. The highest BCUT2D eigenvalue weighted by Gasteiger charge is 2.21. The summed E-state index contributed by atoms with van der Waals surface area (Å²) in [6.07, 6.45) is 0. The molecule has 0 amide bonds. The largest absolute Gasteiger partial charge is 0.497 e. The first-order valence-electron chi connectivity index (χ1n) is 7.41. The molecular formula is C17H22N2OS. The van der Waals surface area contributed by atoms with Crippen molar-refractivity contribution in [2.45, 2.75) is 6.04 Å². The first-order chi connectivity index (χ1) is 10.3. The van der Waals surface area contributed by atoms with E-state index in [0.717, 1.165) is 18.8 Å². The predicted octanol–water partition coefficient (Wildman–Crippen LogP) is 2.90. The number of methoxy groups -OCH3 is 1. The van der Waals surface area contributed by atoms with Gasteiger partial charge in [-0.05, 0) is 34.5 Å². The van der Waals surface area contributed by atoms with E-state index in [4.69, 9.17) is 10.5 Å². The predicted molar refractivity (Wildman–Crippen MR) is 91.2 cm³/mol. The van der Waals surface area contributed by atoms with Gasteiger partial charge in [0.05, 0.1) is 7.11 Å². The summed E-state index contributed by atoms with van der Waals surface area (Å²) in [5.41, 5.74) is 7.38. The Hall–Kier alpha value is -1.23. The average Bonchev–Trinajstić information content (AvgIpc) is 2.56. The fourth-order valence-electron chi connectivity index (χ4n) is 2.96. The van der Waals surface area contributed by atoms with Gasteiger partial charge in [-0.1, -0.05) is 18.2 Å². The summed E-state index contributed by atoms with van der Waals surface area (Å²) in [6, 6.07) is 13.2. The molecule has 1 aliphatic heterocycles. The minimum Gasteiger partial charge on any atom is -0.497 e. The molecule has 0 bridgehead atoms. The molecule has 3 rings (SSSR count). The molecule has 1 aliphatic rings. The number of ether oxygens (including phenoxy) is 1. The second-order valence-electron chi connectivity index (χ2n) is 5.37. The summed E-state index contributed by atoms with van der Waals surface area (Å²) in [6.45, 7) is 2.94. The first-order valence-corrected chi connectivity index (χ1v) is 8.57. The molecule has 21 heavy (non-hydrogen) atoms. The van der Waals surface area contributed by atoms with Gasteiger partial charge in [-0.25, -0.2) is 0 Å². The second-order valence-corrected chi connectivity index (χ2v) is 6.60. The van der Waals surface area contributed by atoms with Gasteiger partial charge in [0.2, 0.25) is 0 Å². The Balaban J connectivity index is 1.91. The monoisotopic (exact) mass is 302 g/mol. The molecule has 1 heterocycles. The second kappa shape index (κ2) is 6.69. The van der Waals surface area contributed by atoms with E-state index in [-0.39, 0.29) is 0 Å². The van der Waals surface area contributed by atoms with Gasteiger partial charge in [0, 0.05) is 37.2 Å². The van der Waals surface area contributed by atoms with E-state index < -0.39 is 0 Å². The van der Waals surface area contributed by atoms with Crippen LogP contribution in [-0.4, -0.2) is 43.1 Å². The number of nitrogens with two attached hydrogens (primary N) is 1. The third-order valence-corrected chi connectivity index (χ3v) is 5.11. The van der Waals surface area contributed by atoms with E-state index in [2.05, 4.69) is 35.2 Å². The van der Waals surface area contributed by atoms with Gasteiger partial charge in [-0.3, -0.25) is 4.90 Å². The summed E-state index contributed by atoms with van der Waals surface area (Å²) in [7, 11) is 1.70. The molecule has 112 valence electrons. The highest BCUT2D eigenvalue weighted by atomic mass is 32.2. The summed E-state index contributed by atoms with van der Waals surface area (Å²) >= 11 is 2.03. The maximum Gasteiger partial charge on any atom is 0.119 e. The van der Waals surface area contributed by atoms with Crippen LogP contribution in [0.1, 0.15) is 11.6 Å². The van der Waals surface area contributed by atoms with Crippen molar-refractivity contribution in [2.24, 2.45) is 5.73 Å². The Morgan fingerprint density at radius 3 is 2.57 bits per heavy atom. The van der Waals surface area contributed by atoms with E-state index in [1.165, 1.54) is 27.8 Å². The molecular weight excluding hydrogens is 280 g/mol. The molecule has 0 saturated carbocycles. The fraction of sp³-hybridized carbons (Fsp3) is 0.412. The van der Waals surface area contributed by atoms with E-state index in [0.29, 0.717) is 12.6 Å². The number of nitrogens with zero attached hydrogens (tertiary/aromatic N) is 1. The van der Waals surface area contributed by atoms with Crippen molar-refractivity contribution in [1.29, 1.82) is 0 Å². The van der Waals surface area contributed by atoms with Crippen LogP contribution in [0.3, 0.4) is 0 Å². The normalized spacial score (nSPS) is 17.8. The number of thioether (sulfide) groups is 1.